The Hall–Kier alpha value is -0.410. The largest absolute Gasteiger partial charge is 0.314 e. The number of hydrogen-bond donors (Lipinski definition) is 1. The van der Waals surface area contributed by atoms with Crippen molar-refractivity contribution in [3.05, 3.63) is 16.6 Å². The van der Waals surface area contributed by atoms with Gasteiger partial charge in [0.15, 0.2) is 0 Å². The number of hydrogen-bond acceptors (Lipinski definition) is 3. The van der Waals surface area contributed by atoms with Gasteiger partial charge in [-0.05, 0) is 19.4 Å². The second-order valence-corrected chi connectivity index (χ2v) is 4.62. The minimum atomic E-state index is 0.592. The molecular weight excluding hydrogens is 192 g/mol. The van der Waals surface area contributed by atoms with E-state index in [0.717, 1.165) is 13.0 Å². The fourth-order valence-corrected chi connectivity index (χ4v) is 2.45. The Morgan fingerprint density at radius 1 is 1.50 bits per heavy atom. The van der Waals surface area contributed by atoms with Gasteiger partial charge < -0.3 is 5.32 Å². The van der Waals surface area contributed by atoms with Crippen molar-refractivity contribution in [3.63, 3.8) is 0 Å². The van der Waals surface area contributed by atoms with Crippen LogP contribution in [0.25, 0.3) is 0 Å². The van der Waals surface area contributed by atoms with Gasteiger partial charge in [-0.25, -0.2) is 4.98 Å². The van der Waals surface area contributed by atoms with Gasteiger partial charge in [0.05, 0.1) is 5.01 Å². The summed E-state index contributed by atoms with van der Waals surface area (Å²) in [5.74, 6) is 0.709. The molecule has 0 aliphatic rings. The molecule has 0 radical (unpaired) electrons. The molecule has 80 valence electrons. The van der Waals surface area contributed by atoms with Gasteiger partial charge in [-0.15, -0.1) is 11.3 Å². The van der Waals surface area contributed by atoms with Crippen molar-refractivity contribution in [1.29, 1.82) is 0 Å². The smallest absolute Gasteiger partial charge is 0.0928 e. The molecule has 0 saturated heterocycles. The third kappa shape index (κ3) is 3.39. The maximum Gasteiger partial charge on any atom is 0.0928 e. The number of aromatic nitrogens is 1. The van der Waals surface area contributed by atoms with E-state index in [-0.39, 0.29) is 0 Å². The molecule has 0 aliphatic carbocycles. The molecule has 3 heteroatoms. The summed E-state index contributed by atoms with van der Waals surface area (Å²) in [6.07, 6.45) is 4.22. The van der Waals surface area contributed by atoms with Crippen LogP contribution in [0.1, 0.15) is 32.2 Å². The third-order valence-corrected chi connectivity index (χ3v) is 3.48. The molecule has 2 unspecified atom stereocenters. The zero-order valence-corrected chi connectivity index (χ0v) is 10.1. The second-order valence-electron chi connectivity index (χ2n) is 3.64. The molecular formula is C11H20N2S. The first kappa shape index (κ1) is 11.7. The number of thiazole rings is 1. The highest BCUT2D eigenvalue weighted by atomic mass is 32.1. The Morgan fingerprint density at radius 3 is 2.79 bits per heavy atom. The molecule has 1 N–H and O–H groups in total. The fraction of sp³-hybridized carbons (Fsp3) is 0.727. The lowest BCUT2D eigenvalue weighted by atomic mass is 9.95. The van der Waals surface area contributed by atoms with Crippen molar-refractivity contribution in [2.45, 2.75) is 39.7 Å². The van der Waals surface area contributed by atoms with Crippen molar-refractivity contribution in [2.24, 2.45) is 5.92 Å². The van der Waals surface area contributed by atoms with Crippen molar-refractivity contribution < 1.29 is 0 Å². The van der Waals surface area contributed by atoms with E-state index in [0.29, 0.717) is 12.0 Å². The van der Waals surface area contributed by atoms with Crippen LogP contribution in [-0.2, 0) is 6.42 Å². The predicted molar refractivity (Wildman–Crippen MR) is 62.7 cm³/mol. The monoisotopic (exact) mass is 212 g/mol. The molecule has 1 rings (SSSR count). The van der Waals surface area contributed by atoms with Gasteiger partial charge in [-0.3, -0.25) is 0 Å². The maximum absolute atomic E-state index is 4.34. The van der Waals surface area contributed by atoms with Gasteiger partial charge in [0.2, 0.25) is 0 Å². The van der Waals surface area contributed by atoms with E-state index in [1.807, 2.05) is 6.20 Å². The lowest BCUT2D eigenvalue weighted by Crippen LogP contribution is -2.34. The van der Waals surface area contributed by atoms with Crippen LogP contribution in [0, 0.1) is 5.92 Å². The summed E-state index contributed by atoms with van der Waals surface area (Å²) in [6.45, 7) is 7.74. The van der Waals surface area contributed by atoms with Crippen molar-refractivity contribution >= 4 is 11.3 Å². The zero-order valence-electron chi connectivity index (χ0n) is 9.29. The molecule has 0 amide bonds. The molecule has 0 saturated carbocycles. The summed E-state index contributed by atoms with van der Waals surface area (Å²) in [4.78, 5) is 4.34. The van der Waals surface area contributed by atoms with Crippen LogP contribution in [0.2, 0.25) is 0 Å². The van der Waals surface area contributed by atoms with E-state index in [1.165, 1.54) is 11.4 Å². The second kappa shape index (κ2) is 6.14. The Labute approximate surface area is 90.8 Å². The highest BCUT2D eigenvalue weighted by molar-refractivity contribution is 7.09. The van der Waals surface area contributed by atoms with E-state index in [9.17, 15) is 0 Å². The summed E-state index contributed by atoms with van der Waals surface area (Å²) in [6, 6.07) is 0.592. The summed E-state index contributed by atoms with van der Waals surface area (Å²) >= 11 is 1.76. The van der Waals surface area contributed by atoms with Crippen LogP contribution in [0.3, 0.4) is 0 Å². The van der Waals surface area contributed by atoms with Gasteiger partial charge >= 0.3 is 0 Å². The molecule has 1 aromatic rings. The first-order valence-corrected chi connectivity index (χ1v) is 6.27. The van der Waals surface area contributed by atoms with Crippen LogP contribution in [0.4, 0.5) is 0 Å². The molecule has 2 nitrogen and oxygen atoms in total. The summed E-state index contributed by atoms with van der Waals surface area (Å²) in [5.41, 5.74) is 0. The lowest BCUT2D eigenvalue weighted by Gasteiger charge is -2.22. The van der Waals surface area contributed by atoms with Gasteiger partial charge in [0.25, 0.3) is 0 Å². The topological polar surface area (TPSA) is 24.9 Å². The number of nitrogens with one attached hydrogen (secondary N) is 1. The number of nitrogens with zero attached hydrogens (tertiary/aromatic N) is 1. The first-order valence-electron chi connectivity index (χ1n) is 5.39. The molecule has 1 aromatic heterocycles. The van der Waals surface area contributed by atoms with Gasteiger partial charge in [-0.1, -0.05) is 20.3 Å². The highest BCUT2D eigenvalue weighted by Gasteiger charge is 2.15. The molecule has 0 aliphatic heterocycles. The lowest BCUT2D eigenvalue weighted by molar-refractivity contribution is 0.367. The summed E-state index contributed by atoms with van der Waals surface area (Å²) in [5, 5.41) is 6.81. The van der Waals surface area contributed by atoms with E-state index in [1.54, 1.807) is 11.3 Å². The molecule has 0 fully saturated rings. The van der Waals surface area contributed by atoms with Gasteiger partial charge in [0, 0.05) is 24.0 Å². The standard InChI is InChI=1S/C11H20N2S/c1-4-10(9(3)12-5-2)8-11-13-6-7-14-11/h6-7,9-10,12H,4-5,8H2,1-3H3. The van der Waals surface area contributed by atoms with Crippen LogP contribution >= 0.6 is 11.3 Å². The summed E-state index contributed by atoms with van der Waals surface area (Å²) in [7, 11) is 0. The van der Waals surface area contributed by atoms with E-state index < -0.39 is 0 Å². The average molecular weight is 212 g/mol. The SMILES string of the molecule is CCNC(C)C(CC)Cc1nccs1. The van der Waals surface area contributed by atoms with E-state index in [4.69, 9.17) is 0 Å². The third-order valence-electron chi connectivity index (χ3n) is 2.68. The Kier molecular flexibility index (Phi) is 5.12. The quantitative estimate of drug-likeness (QED) is 0.784. The molecule has 2 atom stereocenters. The van der Waals surface area contributed by atoms with E-state index in [2.05, 4.69) is 36.5 Å². The maximum atomic E-state index is 4.34. The van der Waals surface area contributed by atoms with Gasteiger partial charge in [-0.2, -0.15) is 0 Å². The van der Waals surface area contributed by atoms with Crippen LogP contribution in [0.15, 0.2) is 11.6 Å². The van der Waals surface area contributed by atoms with Crippen LogP contribution in [-0.4, -0.2) is 17.6 Å². The van der Waals surface area contributed by atoms with Crippen molar-refractivity contribution in [1.82, 2.24) is 10.3 Å². The van der Waals surface area contributed by atoms with E-state index >= 15 is 0 Å². The normalized spacial score (nSPS) is 15.4. The fourth-order valence-electron chi connectivity index (χ4n) is 1.74. The highest BCUT2D eigenvalue weighted by Crippen LogP contribution is 2.17. The molecule has 14 heavy (non-hydrogen) atoms. The minimum Gasteiger partial charge on any atom is -0.314 e. The minimum absolute atomic E-state index is 0.592. The van der Waals surface area contributed by atoms with Crippen molar-refractivity contribution in [3.8, 4) is 0 Å². The molecule has 0 aromatic carbocycles. The molecule has 0 bridgehead atoms. The first-order chi connectivity index (χ1) is 6.77. The van der Waals surface area contributed by atoms with Crippen LogP contribution < -0.4 is 5.32 Å². The van der Waals surface area contributed by atoms with Crippen molar-refractivity contribution in [2.75, 3.05) is 6.54 Å². The Morgan fingerprint density at radius 2 is 2.29 bits per heavy atom. The molecule has 1 heterocycles. The average Bonchev–Trinajstić information content (AvgIpc) is 2.66. The number of rotatable bonds is 6. The molecule has 0 spiro atoms. The Bertz CT molecular complexity index is 233. The van der Waals surface area contributed by atoms with Gasteiger partial charge in [0.1, 0.15) is 0 Å². The Balaban J connectivity index is 2.46. The summed E-state index contributed by atoms with van der Waals surface area (Å²) < 4.78 is 0. The zero-order chi connectivity index (χ0) is 10.4. The van der Waals surface area contributed by atoms with Crippen LogP contribution in [0.5, 0.6) is 0 Å². The predicted octanol–water partition coefficient (Wildman–Crippen LogP) is 2.71.